The zero-order valence-corrected chi connectivity index (χ0v) is 11.8. The number of nitrogens with two attached hydrogens (primary N) is 1. The van der Waals surface area contributed by atoms with Crippen molar-refractivity contribution in [3.63, 3.8) is 0 Å². The van der Waals surface area contributed by atoms with Crippen LogP contribution in [-0.2, 0) is 4.79 Å². The second-order valence-corrected chi connectivity index (χ2v) is 5.75. The van der Waals surface area contributed by atoms with Gasteiger partial charge in [-0.15, -0.1) is 12.4 Å². The summed E-state index contributed by atoms with van der Waals surface area (Å²) in [6.07, 6.45) is 3.86. The molecule has 0 aromatic rings. The zero-order chi connectivity index (χ0) is 11.3. The van der Waals surface area contributed by atoms with Gasteiger partial charge in [-0.3, -0.25) is 4.79 Å². The number of hydrogen-bond donors (Lipinski definition) is 2. The lowest BCUT2D eigenvalue weighted by molar-refractivity contribution is -0.126. The number of nitrogens with one attached hydrogen (secondary N) is 1. The van der Waals surface area contributed by atoms with Gasteiger partial charge in [0.1, 0.15) is 0 Å². The monoisotopic (exact) mass is 266 g/mol. The number of amides is 1. The van der Waals surface area contributed by atoms with Gasteiger partial charge in [0.05, 0.1) is 5.54 Å². The fourth-order valence-electron chi connectivity index (χ4n) is 1.83. The summed E-state index contributed by atoms with van der Waals surface area (Å²) in [5.41, 5.74) is 5.28. The topological polar surface area (TPSA) is 55.1 Å². The van der Waals surface area contributed by atoms with Crippen molar-refractivity contribution in [3.8, 4) is 0 Å². The number of rotatable bonds is 4. The summed E-state index contributed by atoms with van der Waals surface area (Å²) in [6, 6.07) is 0.346. The van der Waals surface area contributed by atoms with E-state index in [4.69, 9.17) is 5.73 Å². The lowest BCUT2D eigenvalue weighted by atomic mass is 9.95. The molecule has 16 heavy (non-hydrogen) atoms. The Hall–Kier alpha value is 0.0700. The van der Waals surface area contributed by atoms with Gasteiger partial charge in [-0.05, 0) is 37.7 Å². The molecule has 0 aromatic carbocycles. The van der Waals surface area contributed by atoms with Crippen molar-refractivity contribution < 1.29 is 4.79 Å². The van der Waals surface area contributed by atoms with Crippen LogP contribution in [0.15, 0.2) is 0 Å². The Labute approximate surface area is 109 Å². The van der Waals surface area contributed by atoms with Gasteiger partial charge in [0.25, 0.3) is 0 Å². The summed E-state index contributed by atoms with van der Waals surface area (Å²) in [6.45, 7) is 3.87. The maximum absolute atomic E-state index is 11.9. The van der Waals surface area contributed by atoms with E-state index in [1.54, 1.807) is 0 Å². The van der Waals surface area contributed by atoms with Crippen LogP contribution < -0.4 is 11.1 Å². The molecule has 5 heteroatoms. The fourth-order valence-corrected chi connectivity index (χ4v) is 2.93. The molecule has 0 saturated carbocycles. The SMILES string of the molecule is CCCC(C)(N)C(=O)NC1CCSCC1.Cl. The van der Waals surface area contributed by atoms with E-state index in [2.05, 4.69) is 12.2 Å². The van der Waals surface area contributed by atoms with E-state index >= 15 is 0 Å². The molecule has 0 spiro atoms. The van der Waals surface area contributed by atoms with Crippen LogP contribution in [0.4, 0.5) is 0 Å². The van der Waals surface area contributed by atoms with E-state index in [1.807, 2.05) is 18.7 Å². The summed E-state index contributed by atoms with van der Waals surface area (Å²) >= 11 is 1.96. The third-order valence-electron chi connectivity index (χ3n) is 2.84. The Balaban J connectivity index is 0.00000225. The van der Waals surface area contributed by atoms with Gasteiger partial charge in [-0.2, -0.15) is 11.8 Å². The van der Waals surface area contributed by atoms with Crippen LogP contribution in [0, 0.1) is 0 Å². The van der Waals surface area contributed by atoms with E-state index < -0.39 is 5.54 Å². The molecule has 1 heterocycles. The highest BCUT2D eigenvalue weighted by atomic mass is 35.5. The maximum Gasteiger partial charge on any atom is 0.240 e. The molecule has 0 aliphatic carbocycles. The van der Waals surface area contributed by atoms with Gasteiger partial charge in [0.15, 0.2) is 0 Å². The van der Waals surface area contributed by atoms with E-state index in [0.29, 0.717) is 6.04 Å². The third-order valence-corrected chi connectivity index (χ3v) is 3.89. The van der Waals surface area contributed by atoms with Crippen molar-refractivity contribution in [2.75, 3.05) is 11.5 Å². The largest absolute Gasteiger partial charge is 0.352 e. The quantitative estimate of drug-likeness (QED) is 0.818. The van der Waals surface area contributed by atoms with E-state index in [9.17, 15) is 4.79 Å². The minimum absolute atomic E-state index is 0. The number of thioether (sulfide) groups is 1. The number of halogens is 1. The predicted octanol–water partition coefficient (Wildman–Crippen LogP) is 1.94. The first-order valence-electron chi connectivity index (χ1n) is 5.74. The van der Waals surface area contributed by atoms with Crippen molar-refractivity contribution >= 4 is 30.1 Å². The molecular formula is C11H23ClN2OS. The van der Waals surface area contributed by atoms with Crippen molar-refractivity contribution in [3.05, 3.63) is 0 Å². The van der Waals surface area contributed by atoms with Crippen LogP contribution in [-0.4, -0.2) is 29.0 Å². The van der Waals surface area contributed by atoms with Crippen LogP contribution in [0.3, 0.4) is 0 Å². The first kappa shape index (κ1) is 16.1. The Morgan fingerprint density at radius 3 is 2.56 bits per heavy atom. The first-order valence-corrected chi connectivity index (χ1v) is 6.89. The maximum atomic E-state index is 11.9. The highest BCUT2D eigenvalue weighted by molar-refractivity contribution is 7.99. The van der Waals surface area contributed by atoms with E-state index in [1.165, 1.54) is 0 Å². The van der Waals surface area contributed by atoms with Crippen LogP contribution in [0.5, 0.6) is 0 Å². The van der Waals surface area contributed by atoms with Crippen molar-refractivity contribution in [2.24, 2.45) is 5.73 Å². The van der Waals surface area contributed by atoms with Crippen molar-refractivity contribution in [2.45, 2.75) is 51.1 Å². The van der Waals surface area contributed by atoms with Gasteiger partial charge in [0.2, 0.25) is 5.91 Å². The molecule has 0 bridgehead atoms. The zero-order valence-electron chi connectivity index (χ0n) is 10.1. The third kappa shape index (κ3) is 4.93. The Bertz CT molecular complexity index is 218. The molecule has 1 amide bonds. The average Bonchev–Trinajstić information content (AvgIpc) is 2.19. The molecule has 1 aliphatic rings. The number of carbonyl (C=O) groups excluding carboxylic acids is 1. The molecule has 0 aromatic heterocycles. The summed E-state index contributed by atoms with van der Waals surface area (Å²) in [5.74, 6) is 2.32. The van der Waals surface area contributed by atoms with Crippen LogP contribution in [0.2, 0.25) is 0 Å². The van der Waals surface area contributed by atoms with E-state index in [-0.39, 0.29) is 18.3 Å². The fraction of sp³-hybridized carbons (Fsp3) is 0.909. The summed E-state index contributed by atoms with van der Waals surface area (Å²) in [4.78, 5) is 11.9. The molecule has 1 fully saturated rings. The van der Waals surface area contributed by atoms with Gasteiger partial charge in [0, 0.05) is 6.04 Å². The molecular weight excluding hydrogens is 244 g/mol. The van der Waals surface area contributed by atoms with Crippen LogP contribution >= 0.6 is 24.2 Å². The predicted molar refractivity (Wildman–Crippen MR) is 73.2 cm³/mol. The van der Waals surface area contributed by atoms with Gasteiger partial charge in [-0.1, -0.05) is 13.3 Å². The molecule has 1 aliphatic heterocycles. The number of hydrogen-bond acceptors (Lipinski definition) is 3. The smallest absolute Gasteiger partial charge is 0.240 e. The minimum Gasteiger partial charge on any atom is -0.352 e. The Kier molecular flexibility index (Phi) is 7.44. The van der Waals surface area contributed by atoms with Gasteiger partial charge < -0.3 is 11.1 Å². The molecule has 3 N–H and O–H groups in total. The van der Waals surface area contributed by atoms with Crippen LogP contribution in [0.1, 0.15) is 39.5 Å². The average molecular weight is 267 g/mol. The normalized spacial score (nSPS) is 20.7. The van der Waals surface area contributed by atoms with Crippen molar-refractivity contribution in [1.29, 1.82) is 0 Å². The molecule has 96 valence electrons. The summed E-state index contributed by atoms with van der Waals surface area (Å²) in [5, 5.41) is 3.07. The molecule has 1 unspecified atom stereocenters. The minimum atomic E-state index is -0.695. The highest BCUT2D eigenvalue weighted by Gasteiger charge is 2.29. The Morgan fingerprint density at radius 2 is 2.06 bits per heavy atom. The number of carbonyl (C=O) groups is 1. The summed E-state index contributed by atoms with van der Waals surface area (Å²) in [7, 11) is 0. The summed E-state index contributed by atoms with van der Waals surface area (Å²) < 4.78 is 0. The second-order valence-electron chi connectivity index (χ2n) is 4.53. The first-order chi connectivity index (χ1) is 7.06. The van der Waals surface area contributed by atoms with Gasteiger partial charge in [-0.25, -0.2) is 0 Å². The Morgan fingerprint density at radius 1 is 1.50 bits per heavy atom. The van der Waals surface area contributed by atoms with Gasteiger partial charge >= 0.3 is 0 Å². The standard InChI is InChI=1S/C11H22N2OS.ClH/c1-3-6-11(2,12)10(14)13-9-4-7-15-8-5-9;/h9H,3-8,12H2,1-2H3,(H,13,14);1H. The highest BCUT2D eigenvalue weighted by Crippen LogP contribution is 2.18. The molecule has 3 nitrogen and oxygen atoms in total. The van der Waals surface area contributed by atoms with Crippen LogP contribution in [0.25, 0.3) is 0 Å². The molecule has 0 radical (unpaired) electrons. The molecule has 1 rings (SSSR count). The lowest BCUT2D eigenvalue weighted by Gasteiger charge is -2.28. The molecule has 1 saturated heterocycles. The van der Waals surface area contributed by atoms with Crippen molar-refractivity contribution in [1.82, 2.24) is 5.32 Å². The molecule has 1 atom stereocenters. The lowest BCUT2D eigenvalue weighted by Crippen LogP contribution is -2.54. The second kappa shape index (κ2) is 7.41. The van der Waals surface area contributed by atoms with E-state index in [0.717, 1.165) is 37.2 Å².